The SMILES string of the molecule is O=C(CSc1nc2cc(C(=O)NC3CCCC3)ccc2c(=O)n1Cc1ccccc1)c1cccc(Cl)c1. The number of benzene rings is 3. The molecule has 188 valence electrons. The molecule has 0 spiro atoms. The molecule has 1 heterocycles. The molecule has 1 aromatic heterocycles. The van der Waals surface area contributed by atoms with E-state index in [0.29, 0.717) is 38.8 Å². The van der Waals surface area contributed by atoms with Gasteiger partial charge in [0.25, 0.3) is 11.5 Å². The second kappa shape index (κ2) is 11.3. The maximum absolute atomic E-state index is 13.6. The van der Waals surface area contributed by atoms with Crippen molar-refractivity contribution in [2.24, 2.45) is 0 Å². The average Bonchev–Trinajstić information content (AvgIpc) is 3.42. The van der Waals surface area contributed by atoms with Gasteiger partial charge in [0.1, 0.15) is 0 Å². The normalized spacial score (nSPS) is 13.6. The molecule has 1 aliphatic carbocycles. The summed E-state index contributed by atoms with van der Waals surface area (Å²) in [6.07, 6.45) is 4.23. The number of Topliss-reactive ketones (excluding diaryl/α,β-unsaturated/α-hetero) is 1. The minimum atomic E-state index is -0.214. The number of hydrogen-bond acceptors (Lipinski definition) is 5. The molecule has 37 heavy (non-hydrogen) atoms. The molecule has 1 N–H and O–H groups in total. The van der Waals surface area contributed by atoms with Gasteiger partial charge < -0.3 is 5.32 Å². The number of rotatable bonds is 8. The van der Waals surface area contributed by atoms with Crippen molar-refractivity contribution in [2.45, 2.75) is 43.4 Å². The van der Waals surface area contributed by atoms with Crippen molar-refractivity contribution in [1.82, 2.24) is 14.9 Å². The van der Waals surface area contributed by atoms with E-state index in [1.54, 1.807) is 47.0 Å². The number of fused-ring (bicyclic) bond motifs is 1. The summed E-state index contributed by atoms with van der Waals surface area (Å²) in [5, 5.41) is 4.43. The Morgan fingerprint density at radius 1 is 0.973 bits per heavy atom. The number of aromatic nitrogens is 2. The zero-order chi connectivity index (χ0) is 25.8. The molecular formula is C29H26ClN3O3S. The molecule has 1 fully saturated rings. The van der Waals surface area contributed by atoms with Crippen molar-refractivity contribution in [3.63, 3.8) is 0 Å². The second-order valence-electron chi connectivity index (χ2n) is 9.18. The molecule has 6 nitrogen and oxygen atoms in total. The standard InChI is InChI=1S/C29H26ClN3O3S/c30-22-10-6-9-20(15-22)26(34)18-37-29-32-25-16-21(27(35)31-23-11-4-5-12-23)13-14-24(25)28(36)33(29)17-19-7-2-1-3-8-19/h1-3,6-10,13-16,23H,4-5,11-12,17-18H2,(H,31,35). The Kier molecular flexibility index (Phi) is 7.72. The third-order valence-electron chi connectivity index (χ3n) is 6.54. The number of hydrogen-bond donors (Lipinski definition) is 1. The maximum Gasteiger partial charge on any atom is 0.262 e. The fourth-order valence-electron chi connectivity index (χ4n) is 4.57. The molecule has 0 aliphatic heterocycles. The van der Waals surface area contributed by atoms with E-state index in [1.807, 2.05) is 30.3 Å². The van der Waals surface area contributed by atoms with Crippen LogP contribution in [0.2, 0.25) is 5.02 Å². The molecule has 4 aromatic rings. The van der Waals surface area contributed by atoms with Crippen LogP contribution in [0.3, 0.4) is 0 Å². The van der Waals surface area contributed by atoms with Crippen molar-refractivity contribution >= 4 is 46.0 Å². The van der Waals surface area contributed by atoms with E-state index in [1.165, 1.54) is 11.8 Å². The van der Waals surface area contributed by atoms with Gasteiger partial charge in [-0.3, -0.25) is 19.0 Å². The number of nitrogens with zero attached hydrogens (tertiary/aromatic N) is 2. The Bertz CT molecular complexity index is 1510. The maximum atomic E-state index is 13.6. The first-order valence-corrected chi connectivity index (χ1v) is 13.7. The molecule has 0 radical (unpaired) electrons. The van der Waals surface area contributed by atoms with Crippen LogP contribution < -0.4 is 10.9 Å². The quantitative estimate of drug-likeness (QED) is 0.178. The summed E-state index contributed by atoms with van der Waals surface area (Å²) in [6.45, 7) is 0.320. The van der Waals surface area contributed by atoms with Crippen LogP contribution in [0.1, 0.15) is 52.0 Å². The predicted octanol–water partition coefficient (Wildman–Crippen LogP) is 5.75. The Balaban J connectivity index is 1.48. The Hall–Kier alpha value is -3.42. The highest BCUT2D eigenvalue weighted by molar-refractivity contribution is 7.99. The molecule has 3 aromatic carbocycles. The largest absolute Gasteiger partial charge is 0.349 e. The van der Waals surface area contributed by atoms with Crippen molar-refractivity contribution in [3.8, 4) is 0 Å². The number of nitrogens with one attached hydrogen (secondary N) is 1. The van der Waals surface area contributed by atoms with Gasteiger partial charge in [-0.2, -0.15) is 0 Å². The predicted molar refractivity (Wildman–Crippen MR) is 148 cm³/mol. The molecule has 1 aliphatic rings. The summed E-state index contributed by atoms with van der Waals surface area (Å²) < 4.78 is 1.59. The van der Waals surface area contributed by atoms with Crippen molar-refractivity contribution < 1.29 is 9.59 Å². The van der Waals surface area contributed by atoms with Crippen molar-refractivity contribution in [2.75, 3.05) is 5.75 Å². The van der Waals surface area contributed by atoms with Crippen LogP contribution in [0, 0.1) is 0 Å². The fourth-order valence-corrected chi connectivity index (χ4v) is 5.66. The Labute approximate surface area is 224 Å². The van der Waals surface area contributed by atoms with E-state index >= 15 is 0 Å². The van der Waals surface area contributed by atoms with Crippen LogP contribution >= 0.6 is 23.4 Å². The Morgan fingerprint density at radius 2 is 1.76 bits per heavy atom. The smallest absolute Gasteiger partial charge is 0.262 e. The van der Waals surface area contributed by atoms with Crippen LogP contribution in [0.25, 0.3) is 10.9 Å². The number of halogens is 1. The number of carbonyl (C=O) groups excluding carboxylic acids is 2. The lowest BCUT2D eigenvalue weighted by molar-refractivity contribution is 0.0937. The van der Waals surface area contributed by atoms with E-state index in [2.05, 4.69) is 5.32 Å². The van der Waals surface area contributed by atoms with E-state index < -0.39 is 0 Å². The van der Waals surface area contributed by atoms with Gasteiger partial charge in [-0.25, -0.2) is 4.98 Å². The zero-order valence-electron chi connectivity index (χ0n) is 20.2. The fraction of sp³-hybridized carbons (Fsp3) is 0.241. The molecule has 1 saturated carbocycles. The minimum absolute atomic E-state index is 0.0922. The molecule has 8 heteroatoms. The van der Waals surface area contributed by atoms with Gasteiger partial charge >= 0.3 is 0 Å². The molecule has 0 unspecified atom stereocenters. The number of carbonyl (C=O) groups is 2. The lowest BCUT2D eigenvalue weighted by atomic mass is 10.1. The van der Waals surface area contributed by atoms with Crippen LogP contribution in [-0.4, -0.2) is 33.0 Å². The topological polar surface area (TPSA) is 81.1 Å². The molecular weight excluding hydrogens is 506 g/mol. The summed E-state index contributed by atoms with van der Waals surface area (Å²) >= 11 is 7.26. The number of ketones is 1. The summed E-state index contributed by atoms with van der Waals surface area (Å²) in [5.41, 5.74) is 2.14. The monoisotopic (exact) mass is 531 g/mol. The highest BCUT2D eigenvalue weighted by Crippen LogP contribution is 2.23. The van der Waals surface area contributed by atoms with Crippen molar-refractivity contribution in [3.05, 3.63) is 105 Å². The molecule has 0 bridgehead atoms. The zero-order valence-corrected chi connectivity index (χ0v) is 21.7. The van der Waals surface area contributed by atoms with Gasteiger partial charge in [-0.05, 0) is 48.7 Å². The van der Waals surface area contributed by atoms with Crippen LogP contribution in [0.4, 0.5) is 0 Å². The van der Waals surface area contributed by atoms with Gasteiger partial charge in [0.2, 0.25) is 0 Å². The van der Waals surface area contributed by atoms with Crippen LogP contribution in [0.5, 0.6) is 0 Å². The van der Waals surface area contributed by atoms with Crippen LogP contribution in [-0.2, 0) is 6.54 Å². The summed E-state index contributed by atoms with van der Waals surface area (Å²) in [7, 11) is 0. The molecule has 5 rings (SSSR count). The lowest BCUT2D eigenvalue weighted by Crippen LogP contribution is -2.32. The van der Waals surface area contributed by atoms with Gasteiger partial charge in [0, 0.05) is 22.2 Å². The first-order chi connectivity index (χ1) is 18.0. The third kappa shape index (κ3) is 5.95. The van der Waals surface area contributed by atoms with Gasteiger partial charge in [-0.15, -0.1) is 0 Å². The second-order valence-corrected chi connectivity index (χ2v) is 10.6. The summed E-state index contributed by atoms with van der Waals surface area (Å²) in [6, 6.07) is 21.6. The number of thioether (sulfide) groups is 1. The summed E-state index contributed by atoms with van der Waals surface area (Å²) in [4.78, 5) is 44.0. The molecule has 0 atom stereocenters. The Morgan fingerprint density at radius 3 is 2.51 bits per heavy atom. The first-order valence-electron chi connectivity index (χ1n) is 12.3. The number of amides is 1. The highest BCUT2D eigenvalue weighted by atomic mass is 35.5. The third-order valence-corrected chi connectivity index (χ3v) is 7.75. The minimum Gasteiger partial charge on any atom is -0.349 e. The van der Waals surface area contributed by atoms with E-state index in [-0.39, 0.29) is 29.0 Å². The van der Waals surface area contributed by atoms with Crippen molar-refractivity contribution in [1.29, 1.82) is 0 Å². The van der Waals surface area contributed by atoms with Crippen LogP contribution in [0.15, 0.2) is 82.7 Å². The highest BCUT2D eigenvalue weighted by Gasteiger charge is 2.20. The first kappa shape index (κ1) is 25.2. The van der Waals surface area contributed by atoms with Gasteiger partial charge in [0.05, 0.1) is 23.2 Å². The molecule has 0 saturated heterocycles. The van der Waals surface area contributed by atoms with E-state index in [9.17, 15) is 14.4 Å². The average molecular weight is 532 g/mol. The van der Waals surface area contributed by atoms with E-state index in [0.717, 1.165) is 31.2 Å². The lowest BCUT2D eigenvalue weighted by Gasteiger charge is -2.15. The van der Waals surface area contributed by atoms with Gasteiger partial charge in [-0.1, -0.05) is 78.7 Å². The molecule has 1 amide bonds. The van der Waals surface area contributed by atoms with E-state index in [4.69, 9.17) is 16.6 Å². The van der Waals surface area contributed by atoms with Gasteiger partial charge in [0.15, 0.2) is 10.9 Å². The summed E-state index contributed by atoms with van der Waals surface area (Å²) in [5.74, 6) is -0.179.